The van der Waals surface area contributed by atoms with Crippen molar-refractivity contribution in [3.8, 4) is 5.75 Å². The minimum absolute atomic E-state index is 0.0893. The summed E-state index contributed by atoms with van der Waals surface area (Å²) in [5.41, 5.74) is 1.26. The number of aliphatic carboxylic acids is 1. The van der Waals surface area contributed by atoms with Gasteiger partial charge < -0.3 is 20.5 Å². The molecule has 31 heavy (non-hydrogen) atoms. The highest BCUT2D eigenvalue weighted by Gasteiger charge is 2.15. The average molecular weight is 445 g/mol. The molecular weight excluding hydrogens is 416 g/mol. The van der Waals surface area contributed by atoms with Crippen molar-refractivity contribution >= 4 is 40.9 Å². The van der Waals surface area contributed by atoms with Gasteiger partial charge in [0.05, 0.1) is 18.3 Å². The van der Waals surface area contributed by atoms with Gasteiger partial charge in [-0.3, -0.25) is 14.4 Å². The quantitative estimate of drug-likeness (QED) is 0.321. The number of benzene rings is 2. The Morgan fingerprint density at radius 2 is 1.77 bits per heavy atom. The largest absolute Gasteiger partial charge is 0.494 e. The highest BCUT2D eigenvalue weighted by molar-refractivity contribution is 8.00. The molecule has 0 spiro atoms. The molecule has 2 aromatic carbocycles. The lowest BCUT2D eigenvalue weighted by atomic mass is 10.2. The van der Waals surface area contributed by atoms with Gasteiger partial charge in [-0.05, 0) is 55.8 Å². The van der Waals surface area contributed by atoms with Crippen molar-refractivity contribution in [2.24, 2.45) is 0 Å². The van der Waals surface area contributed by atoms with E-state index in [1.165, 1.54) is 11.8 Å². The Kier molecular flexibility index (Phi) is 9.90. The molecule has 0 aliphatic carbocycles. The summed E-state index contributed by atoms with van der Waals surface area (Å²) in [5, 5.41) is 13.9. The summed E-state index contributed by atoms with van der Waals surface area (Å²) < 4.78 is 5.62. The Balaban J connectivity index is 1.86. The van der Waals surface area contributed by atoms with Crippen molar-refractivity contribution in [2.45, 2.75) is 49.7 Å². The van der Waals surface area contributed by atoms with Gasteiger partial charge in [-0.25, -0.2) is 0 Å². The van der Waals surface area contributed by atoms with Crippen molar-refractivity contribution in [3.05, 3.63) is 48.5 Å². The Morgan fingerprint density at radius 3 is 2.45 bits per heavy atom. The van der Waals surface area contributed by atoms with E-state index < -0.39 is 5.97 Å². The zero-order chi connectivity index (χ0) is 22.6. The third-order valence-corrected chi connectivity index (χ3v) is 5.35. The van der Waals surface area contributed by atoms with Crippen molar-refractivity contribution in [1.29, 1.82) is 0 Å². The Morgan fingerprint density at radius 1 is 1.03 bits per heavy atom. The van der Waals surface area contributed by atoms with E-state index in [4.69, 9.17) is 9.84 Å². The van der Waals surface area contributed by atoms with E-state index in [0.717, 1.165) is 23.5 Å². The van der Waals surface area contributed by atoms with Crippen LogP contribution in [0.5, 0.6) is 5.75 Å². The summed E-state index contributed by atoms with van der Waals surface area (Å²) in [6, 6.07) is 14.4. The number of carbonyl (C=O) groups is 3. The first-order chi connectivity index (χ1) is 14.9. The van der Waals surface area contributed by atoms with Gasteiger partial charge in [0.1, 0.15) is 5.75 Å². The van der Waals surface area contributed by atoms with Crippen LogP contribution in [0, 0.1) is 0 Å². The zero-order valence-corrected chi connectivity index (χ0v) is 18.5. The number of carboxylic acid groups (broad SMARTS) is 1. The van der Waals surface area contributed by atoms with E-state index in [1.54, 1.807) is 25.1 Å². The van der Waals surface area contributed by atoms with Crippen LogP contribution in [0.1, 0.15) is 39.5 Å². The summed E-state index contributed by atoms with van der Waals surface area (Å²) in [4.78, 5) is 35.7. The van der Waals surface area contributed by atoms with Crippen LogP contribution < -0.4 is 15.4 Å². The third kappa shape index (κ3) is 9.13. The first-order valence-corrected chi connectivity index (χ1v) is 11.1. The molecule has 0 saturated carbocycles. The Hall–Kier alpha value is -3.00. The molecule has 2 rings (SSSR count). The van der Waals surface area contributed by atoms with Crippen LogP contribution in [-0.2, 0) is 14.4 Å². The molecule has 3 N–H and O–H groups in total. The van der Waals surface area contributed by atoms with E-state index in [0.29, 0.717) is 18.0 Å². The maximum absolute atomic E-state index is 12.5. The lowest BCUT2D eigenvalue weighted by Gasteiger charge is -2.13. The topological polar surface area (TPSA) is 105 Å². The second kappa shape index (κ2) is 12.6. The van der Waals surface area contributed by atoms with Crippen LogP contribution in [0.3, 0.4) is 0 Å². The molecule has 8 heteroatoms. The van der Waals surface area contributed by atoms with Crippen LogP contribution in [0.25, 0.3) is 0 Å². The zero-order valence-electron chi connectivity index (χ0n) is 17.7. The molecular formula is C23H28N2O5S. The average Bonchev–Trinajstić information content (AvgIpc) is 2.74. The van der Waals surface area contributed by atoms with Crippen LogP contribution in [-0.4, -0.2) is 34.7 Å². The number of hydrogen-bond acceptors (Lipinski definition) is 5. The van der Waals surface area contributed by atoms with Gasteiger partial charge in [0.25, 0.3) is 0 Å². The molecule has 7 nitrogen and oxygen atoms in total. The first-order valence-electron chi connectivity index (χ1n) is 10.2. The van der Waals surface area contributed by atoms with Crippen molar-refractivity contribution in [2.75, 3.05) is 17.2 Å². The molecule has 0 bridgehead atoms. The summed E-state index contributed by atoms with van der Waals surface area (Å²) in [6.07, 6.45) is 1.77. The maximum Gasteiger partial charge on any atom is 0.303 e. The number of unbranched alkanes of at least 4 members (excludes halogenated alkanes) is 1. The Labute approximate surface area is 186 Å². The minimum atomic E-state index is -1.02. The standard InChI is InChI=1S/C23H28N2O5S/c1-3-4-14-30-19-10-8-17(9-11-19)25-23(29)16(2)31-20-7-5-6-18(15-20)24-21(26)12-13-22(27)28/h5-11,15-16H,3-4,12-14H2,1-2H3,(H,24,26)(H,25,29)(H,27,28). The first kappa shape index (κ1) is 24.3. The summed E-state index contributed by atoms with van der Waals surface area (Å²) in [6.45, 7) is 4.59. The predicted molar refractivity (Wildman–Crippen MR) is 123 cm³/mol. The lowest BCUT2D eigenvalue weighted by Crippen LogP contribution is -2.22. The molecule has 0 heterocycles. The molecule has 0 aliphatic rings. The Bertz CT molecular complexity index is 886. The normalized spacial score (nSPS) is 11.4. The van der Waals surface area contributed by atoms with Gasteiger partial charge in [0.2, 0.25) is 11.8 Å². The number of hydrogen-bond donors (Lipinski definition) is 3. The third-order valence-electron chi connectivity index (χ3n) is 4.25. The smallest absolute Gasteiger partial charge is 0.303 e. The predicted octanol–water partition coefficient (Wildman–Crippen LogP) is 4.79. The van der Waals surface area contributed by atoms with Crippen LogP contribution >= 0.6 is 11.8 Å². The monoisotopic (exact) mass is 444 g/mol. The van der Waals surface area contributed by atoms with Crippen molar-refractivity contribution in [3.63, 3.8) is 0 Å². The van der Waals surface area contributed by atoms with E-state index >= 15 is 0 Å². The molecule has 0 radical (unpaired) electrons. The van der Waals surface area contributed by atoms with Gasteiger partial charge in [-0.2, -0.15) is 0 Å². The van der Waals surface area contributed by atoms with Crippen molar-refractivity contribution < 1.29 is 24.2 Å². The highest BCUT2D eigenvalue weighted by atomic mass is 32.2. The van der Waals surface area contributed by atoms with E-state index in [9.17, 15) is 14.4 Å². The fourth-order valence-corrected chi connectivity index (χ4v) is 3.49. The van der Waals surface area contributed by atoms with Gasteiger partial charge in [0.15, 0.2) is 0 Å². The molecule has 0 aliphatic heterocycles. The van der Waals surface area contributed by atoms with Gasteiger partial charge in [-0.15, -0.1) is 11.8 Å². The molecule has 2 aromatic rings. The molecule has 0 saturated heterocycles. The molecule has 2 amide bonds. The van der Waals surface area contributed by atoms with E-state index in [2.05, 4.69) is 17.6 Å². The van der Waals surface area contributed by atoms with Crippen LogP contribution in [0.15, 0.2) is 53.4 Å². The van der Waals surface area contributed by atoms with Gasteiger partial charge in [0, 0.05) is 22.7 Å². The van der Waals surface area contributed by atoms with E-state index in [1.807, 2.05) is 30.3 Å². The maximum atomic E-state index is 12.5. The number of nitrogens with one attached hydrogen (secondary N) is 2. The molecule has 0 fully saturated rings. The number of amides is 2. The summed E-state index contributed by atoms with van der Waals surface area (Å²) in [7, 11) is 0. The second-order valence-electron chi connectivity index (χ2n) is 6.95. The van der Waals surface area contributed by atoms with Gasteiger partial charge in [-0.1, -0.05) is 19.4 Å². The summed E-state index contributed by atoms with van der Waals surface area (Å²) >= 11 is 1.37. The van der Waals surface area contributed by atoms with Crippen LogP contribution in [0.4, 0.5) is 11.4 Å². The fourth-order valence-electron chi connectivity index (χ4n) is 2.56. The SMILES string of the molecule is CCCCOc1ccc(NC(=O)C(C)Sc2cccc(NC(=O)CCC(=O)O)c2)cc1. The number of carbonyl (C=O) groups excluding carboxylic acids is 2. The number of ether oxygens (including phenoxy) is 1. The number of thioether (sulfide) groups is 1. The van der Waals surface area contributed by atoms with E-state index in [-0.39, 0.29) is 29.9 Å². The minimum Gasteiger partial charge on any atom is -0.494 e. The summed E-state index contributed by atoms with van der Waals surface area (Å²) in [5.74, 6) is -0.743. The van der Waals surface area contributed by atoms with Crippen LogP contribution in [0.2, 0.25) is 0 Å². The number of rotatable bonds is 12. The molecule has 1 unspecified atom stereocenters. The highest BCUT2D eigenvalue weighted by Crippen LogP contribution is 2.27. The number of anilines is 2. The van der Waals surface area contributed by atoms with Gasteiger partial charge >= 0.3 is 5.97 Å². The number of carboxylic acids is 1. The molecule has 1 atom stereocenters. The van der Waals surface area contributed by atoms with Crippen molar-refractivity contribution in [1.82, 2.24) is 0 Å². The second-order valence-corrected chi connectivity index (χ2v) is 8.36. The molecule has 166 valence electrons. The fraction of sp³-hybridized carbons (Fsp3) is 0.348. The molecule has 0 aromatic heterocycles. The lowest BCUT2D eigenvalue weighted by molar-refractivity contribution is -0.138.